The lowest BCUT2D eigenvalue weighted by atomic mass is 10.1. The highest BCUT2D eigenvalue weighted by atomic mass is 16.5. The minimum atomic E-state index is -0.349. The van der Waals surface area contributed by atoms with E-state index in [1.54, 1.807) is 7.11 Å². The molecule has 3 aromatic rings. The fourth-order valence-electron chi connectivity index (χ4n) is 2.52. The average Bonchev–Trinajstić information content (AvgIpc) is 3.00. The van der Waals surface area contributed by atoms with Crippen molar-refractivity contribution in [3.05, 3.63) is 65.9 Å². The fourth-order valence-corrected chi connectivity index (χ4v) is 2.52. The number of hydrogen-bond donors (Lipinski definition) is 2. The van der Waals surface area contributed by atoms with Crippen LogP contribution in [-0.4, -0.2) is 12.1 Å². The summed E-state index contributed by atoms with van der Waals surface area (Å²) in [5.74, 6) is 0.831. The molecule has 22 heavy (non-hydrogen) atoms. The molecule has 0 saturated heterocycles. The van der Waals surface area contributed by atoms with Crippen molar-refractivity contribution < 1.29 is 4.74 Å². The third kappa shape index (κ3) is 2.80. The molecule has 1 unspecified atom stereocenters. The zero-order chi connectivity index (χ0) is 15.4. The van der Waals surface area contributed by atoms with Crippen LogP contribution in [0.3, 0.4) is 0 Å². The van der Waals surface area contributed by atoms with Crippen LogP contribution in [0.5, 0.6) is 5.75 Å². The highest BCUT2D eigenvalue weighted by Gasteiger charge is 2.14. The van der Waals surface area contributed by atoms with E-state index in [0.717, 1.165) is 27.8 Å². The van der Waals surface area contributed by atoms with Crippen LogP contribution in [0.15, 0.2) is 54.7 Å². The normalized spacial score (nSPS) is 12.0. The van der Waals surface area contributed by atoms with Crippen molar-refractivity contribution in [1.29, 1.82) is 5.26 Å². The lowest BCUT2D eigenvalue weighted by Gasteiger charge is -2.11. The van der Waals surface area contributed by atoms with E-state index in [-0.39, 0.29) is 6.04 Å². The van der Waals surface area contributed by atoms with Crippen molar-refractivity contribution >= 4 is 10.9 Å². The van der Waals surface area contributed by atoms with Crippen LogP contribution in [0.1, 0.15) is 17.2 Å². The van der Waals surface area contributed by atoms with Gasteiger partial charge in [0.1, 0.15) is 11.8 Å². The number of methoxy groups -OCH3 is 1. The van der Waals surface area contributed by atoms with Gasteiger partial charge in [-0.25, -0.2) is 0 Å². The SMILES string of the molecule is COc1ccc(CNC(C#N)c2c[nH]c3ccccc23)cc1. The molecule has 1 heterocycles. The molecule has 0 saturated carbocycles. The molecular weight excluding hydrogens is 274 g/mol. The van der Waals surface area contributed by atoms with E-state index in [4.69, 9.17) is 4.74 Å². The van der Waals surface area contributed by atoms with Gasteiger partial charge in [-0.15, -0.1) is 0 Å². The molecular formula is C18H17N3O. The van der Waals surface area contributed by atoms with Crippen LogP contribution in [0.4, 0.5) is 0 Å². The van der Waals surface area contributed by atoms with Crippen LogP contribution >= 0.6 is 0 Å². The molecule has 0 bridgehead atoms. The number of ether oxygens (including phenoxy) is 1. The maximum atomic E-state index is 9.47. The molecule has 0 spiro atoms. The van der Waals surface area contributed by atoms with Crippen LogP contribution in [-0.2, 0) is 6.54 Å². The highest BCUT2D eigenvalue weighted by Crippen LogP contribution is 2.24. The number of benzene rings is 2. The summed E-state index contributed by atoms with van der Waals surface area (Å²) in [7, 11) is 1.65. The molecule has 3 rings (SSSR count). The lowest BCUT2D eigenvalue weighted by molar-refractivity contribution is 0.414. The lowest BCUT2D eigenvalue weighted by Crippen LogP contribution is -2.19. The van der Waals surface area contributed by atoms with E-state index in [2.05, 4.69) is 16.4 Å². The van der Waals surface area contributed by atoms with E-state index < -0.39 is 0 Å². The largest absolute Gasteiger partial charge is 0.497 e. The van der Waals surface area contributed by atoms with Gasteiger partial charge in [-0.05, 0) is 23.8 Å². The summed E-state index contributed by atoms with van der Waals surface area (Å²) in [6.07, 6.45) is 1.90. The molecule has 0 fully saturated rings. The van der Waals surface area contributed by atoms with Gasteiger partial charge in [-0.3, -0.25) is 5.32 Å². The molecule has 0 aliphatic heterocycles. The van der Waals surface area contributed by atoms with Crippen molar-refractivity contribution in [2.24, 2.45) is 0 Å². The van der Waals surface area contributed by atoms with E-state index in [1.807, 2.05) is 54.7 Å². The van der Waals surface area contributed by atoms with Gasteiger partial charge >= 0.3 is 0 Å². The maximum absolute atomic E-state index is 9.47. The Morgan fingerprint density at radius 1 is 1.18 bits per heavy atom. The molecule has 0 aliphatic carbocycles. The Bertz CT molecular complexity index is 799. The van der Waals surface area contributed by atoms with E-state index >= 15 is 0 Å². The number of aromatic amines is 1. The van der Waals surface area contributed by atoms with E-state index in [9.17, 15) is 5.26 Å². The van der Waals surface area contributed by atoms with E-state index in [1.165, 1.54) is 0 Å². The van der Waals surface area contributed by atoms with E-state index in [0.29, 0.717) is 6.54 Å². The van der Waals surface area contributed by atoms with Gasteiger partial charge in [0.15, 0.2) is 0 Å². The van der Waals surface area contributed by atoms with Crippen molar-refractivity contribution in [3.63, 3.8) is 0 Å². The van der Waals surface area contributed by atoms with Crippen molar-refractivity contribution in [1.82, 2.24) is 10.3 Å². The second-order valence-electron chi connectivity index (χ2n) is 5.08. The third-order valence-corrected chi connectivity index (χ3v) is 3.73. The Labute approximate surface area is 129 Å². The first-order chi connectivity index (χ1) is 10.8. The van der Waals surface area contributed by atoms with Gasteiger partial charge < -0.3 is 9.72 Å². The maximum Gasteiger partial charge on any atom is 0.123 e. The number of nitrogens with one attached hydrogen (secondary N) is 2. The number of para-hydroxylation sites is 1. The van der Waals surface area contributed by atoms with Gasteiger partial charge in [0.25, 0.3) is 0 Å². The summed E-state index contributed by atoms with van der Waals surface area (Å²) >= 11 is 0. The zero-order valence-electron chi connectivity index (χ0n) is 12.3. The first-order valence-electron chi connectivity index (χ1n) is 7.14. The molecule has 4 heteroatoms. The average molecular weight is 291 g/mol. The Kier molecular flexibility index (Phi) is 4.08. The van der Waals surface area contributed by atoms with Crippen molar-refractivity contribution in [2.75, 3.05) is 7.11 Å². The molecule has 1 aromatic heterocycles. The summed E-state index contributed by atoms with van der Waals surface area (Å²) in [4.78, 5) is 3.21. The topological polar surface area (TPSA) is 60.8 Å². The van der Waals surface area contributed by atoms with Gasteiger partial charge in [0.05, 0.1) is 13.2 Å². The smallest absolute Gasteiger partial charge is 0.123 e. The Morgan fingerprint density at radius 3 is 2.68 bits per heavy atom. The molecule has 2 N–H and O–H groups in total. The standard InChI is InChI=1S/C18H17N3O/c1-22-14-8-6-13(7-9-14)11-20-18(10-19)16-12-21-17-5-3-2-4-15(16)17/h2-9,12,18,20-21H,11H2,1H3. The van der Waals surface area contributed by atoms with Crippen molar-refractivity contribution in [3.8, 4) is 11.8 Å². The number of H-pyrrole nitrogens is 1. The predicted octanol–water partition coefficient (Wildman–Crippen LogP) is 3.53. The number of fused-ring (bicyclic) bond motifs is 1. The number of aromatic nitrogens is 1. The van der Waals surface area contributed by atoms with Gasteiger partial charge in [0, 0.05) is 29.2 Å². The molecule has 2 aromatic carbocycles. The Hall–Kier alpha value is -2.77. The summed E-state index contributed by atoms with van der Waals surface area (Å²) in [6, 6.07) is 17.8. The third-order valence-electron chi connectivity index (χ3n) is 3.73. The Morgan fingerprint density at radius 2 is 1.95 bits per heavy atom. The molecule has 110 valence electrons. The number of nitrogens with zero attached hydrogens (tertiary/aromatic N) is 1. The summed E-state index contributed by atoms with van der Waals surface area (Å²) in [6.45, 7) is 0.627. The van der Waals surface area contributed by atoms with Crippen LogP contribution in [0, 0.1) is 11.3 Å². The fraction of sp³-hybridized carbons (Fsp3) is 0.167. The second-order valence-corrected chi connectivity index (χ2v) is 5.08. The quantitative estimate of drug-likeness (QED) is 0.756. The predicted molar refractivity (Wildman–Crippen MR) is 86.5 cm³/mol. The first-order valence-corrected chi connectivity index (χ1v) is 7.14. The zero-order valence-corrected chi connectivity index (χ0v) is 12.3. The molecule has 0 aliphatic rings. The van der Waals surface area contributed by atoms with Gasteiger partial charge in [0.2, 0.25) is 0 Å². The highest BCUT2D eigenvalue weighted by molar-refractivity contribution is 5.83. The summed E-state index contributed by atoms with van der Waals surface area (Å²) in [5.41, 5.74) is 3.14. The summed E-state index contributed by atoms with van der Waals surface area (Å²) in [5, 5.41) is 13.8. The minimum absolute atomic E-state index is 0.349. The van der Waals surface area contributed by atoms with Crippen molar-refractivity contribution in [2.45, 2.75) is 12.6 Å². The minimum Gasteiger partial charge on any atom is -0.497 e. The second kappa shape index (κ2) is 6.33. The molecule has 4 nitrogen and oxygen atoms in total. The van der Waals surface area contributed by atoms with Crippen LogP contribution in [0.25, 0.3) is 10.9 Å². The molecule has 0 radical (unpaired) electrons. The summed E-state index contributed by atoms with van der Waals surface area (Å²) < 4.78 is 5.15. The first kappa shape index (κ1) is 14.2. The Balaban J connectivity index is 1.76. The van der Waals surface area contributed by atoms with Gasteiger partial charge in [-0.1, -0.05) is 30.3 Å². The molecule has 0 amide bonds. The number of rotatable bonds is 5. The van der Waals surface area contributed by atoms with Crippen LogP contribution in [0.2, 0.25) is 0 Å². The molecule has 1 atom stereocenters. The number of hydrogen-bond acceptors (Lipinski definition) is 3. The number of nitriles is 1. The van der Waals surface area contributed by atoms with Gasteiger partial charge in [-0.2, -0.15) is 5.26 Å². The van der Waals surface area contributed by atoms with Crippen LogP contribution < -0.4 is 10.1 Å². The monoisotopic (exact) mass is 291 g/mol.